The van der Waals surface area contributed by atoms with E-state index in [1.807, 2.05) is 13.8 Å². The lowest BCUT2D eigenvalue weighted by Crippen LogP contribution is -2.59. The van der Waals surface area contributed by atoms with E-state index in [-0.39, 0.29) is 17.9 Å². The maximum Gasteiger partial charge on any atom is 0.105 e. The first-order valence-electron chi connectivity index (χ1n) is 8.60. The van der Waals surface area contributed by atoms with E-state index in [1.54, 1.807) is 7.11 Å². The van der Waals surface area contributed by atoms with E-state index in [0.717, 1.165) is 12.8 Å². The van der Waals surface area contributed by atoms with E-state index < -0.39 is 0 Å². The summed E-state index contributed by atoms with van der Waals surface area (Å²) in [5.41, 5.74) is 5.71. The van der Waals surface area contributed by atoms with Gasteiger partial charge in [-0.05, 0) is 26.7 Å². The van der Waals surface area contributed by atoms with Crippen molar-refractivity contribution >= 4 is 0 Å². The number of nitrogens with one attached hydrogen (secondary N) is 1. The first kappa shape index (κ1) is 21.8. The van der Waals surface area contributed by atoms with Crippen molar-refractivity contribution in [1.82, 2.24) is 5.32 Å². The lowest BCUT2D eigenvalue weighted by Gasteiger charge is -2.37. The topological polar surface area (TPSA) is 65.7 Å². The lowest BCUT2D eigenvalue weighted by molar-refractivity contribution is -0.0668. The molecule has 0 aromatic rings. The van der Waals surface area contributed by atoms with Gasteiger partial charge in [0.15, 0.2) is 0 Å². The largest absolute Gasteiger partial charge is 0.383 e. The summed E-state index contributed by atoms with van der Waals surface area (Å²) in [5, 5.41) is 3.54. The molecule has 0 aromatic carbocycles. The van der Waals surface area contributed by atoms with Crippen LogP contribution < -0.4 is 11.1 Å². The van der Waals surface area contributed by atoms with Crippen LogP contribution in [0.15, 0.2) is 0 Å². The Balaban J connectivity index is 4.58. The van der Waals surface area contributed by atoms with Gasteiger partial charge in [0.2, 0.25) is 0 Å². The standard InChI is InChI=1S/C17H38N2O3/c1-7-8-9-10-16(18)22-13-17(11-20-6,19-14(2)3)12-21-15(4)5/h14-16,19H,7-13,18H2,1-6H3. The summed E-state index contributed by atoms with van der Waals surface area (Å²) in [6.07, 6.45) is 4.33. The fourth-order valence-corrected chi connectivity index (χ4v) is 2.41. The van der Waals surface area contributed by atoms with Gasteiger partial charge in [-0.25, -0.2) is 0 Å². The molecular weight excluding hydrogens is 280 g/mol. The summed E-state index contributed by atoms with van der Waals surface area (Å²) < 4.78 is 17.1. The average Bonchev–Trinajstić information content (AvgIpc) is 2.43. The highest BCUT2D eigenvalue weighted by Crippen LogP contribution is 2.13. The van der Waals surface area contributed by atoms with Crippen LogP contribution in [0.5, 0.6) is 0 Å². The minimum Gasteiger partial charge on any atom is -0.383 e. The Morgan fingerprint density at radius 2 is 1.64 bits per heavy atom. The number of rotatable bonds is 14. The molecule has 0 radical (unpaired) electrons. The lowest BCUT2D eigenvalue weighted by atomic mass is 10.0. The van der Waals surface area contributed by atoms with E-state index in [1.165, 1.54) is 12.8 Å². The number of hydrogen-bond acceptors (Lipinski definition) is 5. The van der Waals surface area contributed by atoms with Crippen LogP contribution in [0.1, 0.15) is 60.3 Å². The van der Waals surface area contributed by atoms with Gasteiger partial charge in [-0.2, -0.15) is 0 Å². The van der Waals surface area contributed by atoms with Gasteiger partial charge in [0.1, 0.15) is 6.23 Å². The molecule has 0 heterocycles. The molecule has 0 fully saturated rings. The Hall–Kier alpha value is -0.200. The van der Waals surface area contributed by atoms with Crippen LogP contribution >= 0.6 is 0 Å². The minimum atomic E-state index is -0.366. The Morgan fingerprint density at radius 1 is 1.00 bits per heavy atom. The van der Waals surface area contributed by atoms with Gasteiger partial charge in [-0.15, -0.1) is 0 Å². The summed E-state index contributed by atoms with van der Waals surface area (Å²) >= 11 is 0. The highest BCUT2D eigenvalue weighted by Gasteiger charge is 2.32. The predicted octanol–water partition coefficient (Wildman–Crippen LogP) is 2.68. The SMILES string of the molecule is CCCCCC(N)OCC(COC)(COC(C)C)NC(C)C. The number of ether oxygens (including phenoxy) is 3. The van der Waals surface area contributed by atoms with Crippen molar-refractivity contribution in [3.63, 3.8) is 0 Å². The number of hydrogen-bond donors (Lipinski definition) is 2. The Bertz CT molecular complexity index is 262. The zero-order chi connectivity index (χ0) is 17.0. The molecule has 0 aliphatic carbocycles. The van der Waals surface area contributed by atoms with Crippen molar-refractivity contribution in [1.29, 1.82) is 0 Å². The van der Waals surface area contributed by atoms with E-state index in [2.05, 4.69) is 26.1 Å². The van der Waals surface area contributed by atoms with Crippen LogP contribution in [0.3, 0.4) is 0 Å². The normalized spacial score (nSPS) is 16.2. The molecule has 0 aliphatic heterocycles. The molecule has 5 nitrogen and oxygen atoms in total. The molecular formula is C17H38N2O3. The third-order valence-electron chi connectivity index (χ3n) is 3.37. The van der Waals surface area contributed by atoms with Crippen molar-refractivity contribution in [2.45, 2.75) is 84.2 Å². The van der Waals surface area contributed by atoms with Crippen molar-refractivity contribution in [2.75, 3.05) is 26.9 Å². The molecule has 2 unspecified atom stereocenters. The highest BCUT2D eigenvalue weighted by molar-refractivity contribution is 4.90. The highest BCUT2D eigenvalue weighted by atomic mass is 16.5. The van der Waals surface area contributed by atoms with Crippen LogP contribution in [0.25, 0.3) is 0 Å². The first-order valence-corrected chi connectivity index (χ1v) is 8.60. The summed E-state index contributed by atoms with van der Waals surface area (Å²) in [4.78, 5) is 0. The molecule has 5 heteroatoms. The maximum atomic E-state index is 6.07. The van der Waals surface area contributed by atoms with Gasteiger partial charge >= 0.3 is 0 Å². The summed E-state index contributed by atoms with van der Waals surface area (Å²) in [6, 6.07) is 0.311. The van der Waals surface area contributed by atoms with E-state index in [4.69, 9.17) is 19.9 Å². The number of unbranched alkanes of at least 4 members (excludes halogenated alkanes) is 2. The summed E-state index contributed by atoms with van der Waals surface area (Å²) in [7, 11) is 1.70. The second kappa shape index (κ2) is 12.3. The van der Waals surface area contributed by atoms with Crippen molar-refractivity contribution < 1.29 is 14.2 Å². The second-order valence-corrected chi connectivity index (χ2v) is 6.72. The van der Waals surface area contributed by atoms with Crippen LogP contribution in [-0.4, -0.2) is 50.8 Å². The van der Waals surface area contributed by atoms with E-state index in [9.17, 15) is 0 Å². The van der Waals surface area contributed by atoms with Crippen LogP contribution in [-0.2, 0) is 14.2 Å². The predicted molar refractivity (Wildman–Crippen MR) is 92.0 cm³/mol. The zero-order valence-electron chi connectivity index (χ0n) is 15.5. The van der Waals surface area contributed by atoms with Crippen molar-refractivity contribution in [3.8, 4) is 0 Å². The van der Waals surface area contributed by atoms with Gasteiger partial charge in [0.05, 0.1) is 31.5 Å². The second-order valence-electron chi connectivity index (χ2n) is 6.72. The molecule has 2 atom stereocenters. The zero-order valence-corrected chi connectivity index (χ0v) is 15.5. The number of methoxy groups -OCH3 is 1. The molecule has 0 saturated carbocycles. The monoisotopic (exact) mass is 318 g/mol. The Kier molecular flexibility index (Phi) is 12.1. The first-order chi connectivity index (χ1) is 10.3. The smallest absolute Gasteiger partial charge is 0.105 e. The number of nitrogens with two attached hydrogens (primary N) is 1. The molecule has 3 N–H and O–H groups in total. The van der Waals surface area contributed by atoms with Gasteiger partial charge < -0.3 is 25.3 Å². The molecule has 0 aliphatic rings. The van der Waals surface area contributed by atoms with Gasteiger partial charge in [-0.1, -0.05) is 33.6 Å². The minimum absolute atomic E-state index is 0.170. The molecule has 0 spiro atoms. The van der Waals surface area contributed by atoms with Crippen LogP contribution in [0.4, 0.5) is 0 Å². The van der Waals surface area contributed by atoms with Gasteiger partial charge in [-0.3, -0.25) is 0 Å². The molecule has 22 heavy (non-hydrogen) atoms. The molecule has 0 rings (SSSR count). The molecule has 0 saturated heterocycles. The molecule has 0 aromatic heterocycles. The van der Waals surface area contributed by atoms with Crippen LogP contribution in [0, 0.1) is 0 Å². The third kappa shape index (κ3) is 10.5. The van der Waals surface area contributed by atoms with Gasteiger partial charge in [0, 0.05) is 13.2 Å². The van der Waals surface area contributed by atoms with E-state index in [0.29, 0.717) is 25.9 Å². The van der Waals surface area contributed by atoms with Gasteiger partial charge in [0.25, 0.3) is 0 Å². The summed E-state index contributed by atoms with van der Waals surface area (Å²) in [5.74, 6) is 0. The Labute approximate surface area is 137 Å². The molecule has 0 bridgehead atoms. The maximum absolute atomic E-state index is 6.07. The quantitative estimate of drug-likeness (QED) is 0.381. The average molecular weight is 319 g/mol. The van der Waals surface area contributed by atoms with Crippen LogP contribution in [0.2, 0.25) is 0 Å². The third-order valence-corrected chi connectivity index (χ3v) is 3.37. The van der Waals surface area contributed by atoms with E-state index >= 15 is 0 Å². The summed E-state index contributed by atoms with van der Waals surface area (Å²) in [6.45, 7) is 12.0. The fraction of sp³-hybridized carbons (Fsp3) is 1.00. The Morgan fingerprint density at radius 3 is 2.14 bits per heavy atom. The molecule has 0 amide bonds. The van der Waals surface area contributed by atoms with Crippen molar-refractivity contribution in [2.24, 2.45) is 5.73 Å². The fourth-order valence-electron chi connectivity index (χ4n) is 2.41. The molecule has 134 valence electrons. The van der Waals surface area contributed by atoms with Crippen molar-refractivity contribution in [3.05, 3.63) is 0 Å².